The summed E-state index contributed by atoms with van der Waals surface area (Å²) in [6, 6.07) is 4.47. The maximum absolute atomic E-state index is 7.78. The minimum Gasteiger partial charge on any atom is -0.268 e. The van der Waals surface area contributed by atoms with Gasteiger partial charge in [0.2, 0.25) is 0 Å². The number of hydrogen-bond acceptors (Lipinski definition) is 2. The Morgan fingerprint density at radius 1 is 1.50 bits per heavy atom. The lowest BCUT2D eigenvalue weighted by atomic mass is 11.4. The van der Waals surface area contributed by atoms with Crippen LogP contribution in [0.2, 0.25) is 0 Å². The Kier molecular flexibility index (Phi) is 0.0878. The second-order valence-electron chi connectivity index (χ2n) is 0.535. The lowest BCUT2D eigenvalue weighted by Crippen LogP contribution is -1.81. The van der Waals surface area contributed by atoms with Gasteiger partial charge >= 0.3 is 0 Å². The number of hydrogen-bond donors (Lipinski definition) is 1. The molecule has 4 heavy (non-hydrogen) atoms. The molecule has 0 aromatic carbocycles. The molecule has 0 aromatic heterocycles. The van der Waals surface area contributed by atoms with Crippen LogP contribution in [-0.2, 0) is 0 Å². The van der Waals surface area contributed by atoms with Gasteiger partial charge in [-0.05, 0) is 0 Å². The Labute approximate surface area is 23.6 Å². The minimum absolute atomic E-state index is 0.750. The molecule has 0 bridgehead atoms. The van der Waals surface area contributed by atoms with Crippen molar-refractivity contribution in [2.24, 2.45) is 0 Å². The molecule has 0 radical (unpaired) electrons. The number of nitrogens with zero attached hydrogens (tertiary/aromatic N) is 1. The predicted molar refractivity (Wildman–Crippen MR) is 11.4 cm³/mol. The lowest BCUT2D eigenvalue weighted by molar-refractivity contribution is 0.0660. The zero-order chi connectivity index (χ0) is 2.99. The van der Waals surface area contributed by atoms with Crippen molar-refractivity contribution in [3.63, 3.8) is 0 Å². The molecule has 2 heteroatoms. The van der Waals surface area contributed by atoms with Crippen LogP contribution in [0.5, 0.6) is 0 Å². The molecule has 1 heterocycles. The van der Waals surface area contributed by atoms with Crippen LogP contribution in [0.4, 0.5) is 0 Å². The third-order valence-corrected chi connectivity index (χ3v) is 0.212. The van der Waals surface area contributed by atoms with Gasteiger partial charge < -0.3 is 0 Å². The Bertz CT molecular complexity index is 69.8. The van der Waals surface area contributed by atoms with Gasteiger partial charge in [0.05, 0.1) is 12.1 Å². The van der Waals surface area contributed by atoms with E-state index in [0.29, 0.717) is 0 Å². The van der Waals surface area contributed by atoms with Crippen molar-refractivity contribution in [3.8, 4) is 12.1 Å². The summed E-state index contributed by atoms with van der Waals surface area (Å²) in [6.07, 6.45) is 0. The molecule has 1 N–H and O–H groups in total. The highest BCUT2D eigenvalue weighted by molar-refractivity contribution is 5.12. The average Bonchev–Trinajstić information content (AvgIpc) is 1.75. The van der Waals surface area contributed by atoms with Crippen LogP contribution < -0.4 is 0 Å². The standard InChI is InChI=1S/C2HNO/c4-3-1-2-3/h4H. The van der Waals surface area contributed by atoms with Crippen molar-refractivity contribution in [1.29, 1.82) is 0 Å². The topological polar surface area (TPSA) is 23.2 Å². The van der Waals surface area contributed by atoms with E-state index in [0.717, 1.165) is 5.06 Å². The summed E-state index contributed by atoms with van der Waals surface area (Å²) >= 11 is 0. The molecule has 0 atom stereocenters. The smallest absolute Gasteiger partial charge is 0.0761 e. The molecule has 0 spiro atoms. The largest absolute Gasteiger partial charge is 0.268 e. The van der Waals surface area contributed by atoms with Crippen LogP contribution in [0, 0.1) is 12.1 Å². The Hall–Kier alpha value is -0.680. The van der Waals surface area contributed by atoms with Crippen molar-refractivity contribution in [2.45, 2.75) is 0 Å². The summed E-state index contributed by atoms with van der Waals surface area (Å²) in [6.45, 7) is 0. The first-order valence-electron chi connectivity index (χ1n) is 0.897. The summed E-state index contributed by atoms with van der Waals surface area (Å²) in [5.74, 6) is 0. The molecule has 1 aliphatic rings. The second-order valence-corrected chi connectivity index (χ2v) is 0.535. The van der Waals surface area contributed by atoms with E-state index in [-0.39, 0.29) is 0 Å². The fraction of sp³-hybridized carbons (Fsp3) is 0. The van der Waals surface area contributed by atoms with Gasteiger partial charge in [-0.15, -0.1) is 5.06 Å². The van der Waals surface area contributed by atoms with E-state index in [1.165, 1.54) is 0 Å². The second kappa shape index (κ2) is 0.217. The fourth-order valence-electron chi connectivity index (χ4n) is 0.0224. The first-order valence-corrected chi connectivity index (χ1v) is 0.897. The molecular formula is C2HNO. The predicted octanol–water partition coefficient (Wildman–Crippen LogP) is -0.390. The van der Waals surface area contributed by atoms with E-state index < -0.39 is 0 Å². The van der Waals surface area contributed by atoms with E-state index in [2.05, 4.69) is 12.1 Å². The van der Waals surface area contributed by atoms with Gasteiger partial charge in [-0.25, -0.2) is 0 Å². The van der Waals surface area contributed by atoms with Gasteiger partial charge in [0, 0.05) is 0 Å². The summed E-state index contributed by atoms with van der Waals surface area (Å²) in [4.78, 5) is 0. The molecule has 0 fully saturated rings. The molecule has 0 saturated carbocycles. The van der Waals surface area contributed by atoms with Gasteiger partial charge in [-0.2, -0.15) is 0 Å². The first kappa shape index (κ1) is 1.62. The highest BCUT2D eigenvalue weighted by Crippen LogP contribution is 1.80. The highest BCUT2D eigenvalue weighted by Gasteiger charge is 1.91. The molecule has 0 unspecified atom stereocenters. The van der Waals surface area contributed by atoms with Crippen molar-refractivity contribution in [2.75, 3.05) is 0 Å². The fourth-order valence-corrected chi connectivity index (χ4v) is 0.0224. The molecule has 0 saturated heterocycles. The summed E-state index contributed by atoms with van der Waals surface area (Å²) < 4.78 is 0. The van der Waals surface area contributed by atoms with Crippen LogP contribution in [0.15, 0.2) is 0 Å². The van der Waals surface area contributed by atoms with E-state index >= 15 is 0 Å². The van der Waals surface area contributed by atoms with Gasteiger partial charge in [-0.1, -0.05) is 0 Å². The van der Waals surface area contributed by atoms with Crippen LogP contribution in [0.25, 0.3) is 0 Å². The zero-order valence-electron chi connectivity index (χ0n) is 1.89. The molecule has 1 rings (SSSR count). The maximum atomic E-state index is 7.78. The van der Waals surface area contributed by atoms with Gasteiger partial charge in [0.1, 0.15) is 0 Å². The Morgan fingerprint density at radius 3 is 1.75 bits per heavy atom. The molecule has 0 amide bonds. The van der Waals surface area contributed by atoms with E-state index in [4.69, 9.17) is 5.21 Å². The first-order chi connectivity index (χ1) is 1.89. The Morgan fingerprint density at radius 2 is 1.75 bits per heavy atom. The van der Waals surface area contributed by atoms with E-state index in [1.54, 1.807) is 0 Å². The molecular weight excluding hydrogens is 54.0 g/mol. The van der Waals surface area contributed by atoms with Crippen LogP contribution >= 0.6 is 0 Å². The average molecular weight is 55.0 g/mol. The van der Waals surface area contributed by atoms with Crippen molar-refractivity contribution < 1.29 is 5.21 Å². The SMILES string of the molecule is ON1C#C1. The minimum atomic E-state index is 0.750. The van der Waals surface area contributed by atoms with Crippen LogP contribution in [0.1, 0.15) is 0 Å². The van der Waals surface area contributed by atoms with Gasteiger partial charge in [0.15, 0.2) is 0 Å². The molecule has 0 aliphatic carbocycles. The summed E-state index contributed by atoms with van der Waals surface area (Å²) in [5, 5.41) is 8.53. The van der Waals surface area contributed by atoms with Gasteiger partial charge in [-0.3, -0.25) is 5.21 Å². The molecule has 2 nitrogen and oxygen atoms in total. The van der Waals surface area contributed by atoms with Crippen molar-refractivity contribution in [1.82, 2.24) is 5.06 Å². The zero-order valence-corrected chi connectivity index (χ0v) is 1.89. The molecule has 20 valence electrons. The summed E-state index contributed by atoms with van der Waals surface area (Å²) in [5.41, 5.74) is 0. The quantitative estimate of drug-likeness (QED) is 0.381. The number of hydroxylamine groups is 2. The van der Waals surface area contributed by atoms with Crippen LogP contribution in [0.3, 0.4) is 0 Å². The van der Waals surface area contributed by atoms with Crippen molar-refractivity contribution in [3.05, 3.63) is 0 Å². The van der Waals surface area contributed by atoms with Crippen molar-refractivity contribution >= 4 is 0 Å². The normalized spacial score (nSPS) is 13.8. The third kappa shape index (κ3) is 0.0251. The van der Waals surface area contributed by atoms with Gasteiger partial charge in [0.25, 0.3) is 0 Å². The summed E-state index contributed by atoms with van der Waals surface area (Å²) in [7, 11) is 0. The monoisotopic (exact) mass is 55.0 g/mol. The van der Waals surface area contributed by atoms with E-state index in [1.807, 2.05) is 0 Å². The molecule has 0 aromatic rings. The van der Waals surface area contributed by atoms with Crippen LogP contribution in [-0.4, -0.2) is 10.3 Å². The Balaban J connectivity index is 2.38. The number of rotatable bonds is 0. The third-order valence-electron chi connectivity index (χ3n) is 0.212. The molecule has 1 aliphatic heterocycles. The lowest BCUT2D eigenvalue weighted by Gasteiger charge is -1.69. The maximum Gasteiger partial charge on any atom is 0.0761 e. The van der Waals surface area contributed by atoms with E-state index in [9.17, 15) is 0 Å². The highest BCUT2D eigenvalue weighted by atomic mass is 16.5.